The van der Waals surface area contributed by atoms with E-state index >= 15 is 0 Å². The number of anilines is 1. The molecular weight excluding hydrogens is 705 g/mol. The molecule has 12 nitrogen and oxygen atoms in total. The number of primary amides is 1. The number of fused-ring (bicyclic) bond motifs is 1. The molecule has 2 aromatic carbocycles. The maximum Gasteiger partial charge on any atom is 0.273 e. The molecule has 7 rings (SSSR count). The van der Waals surface area contributed by atoms with Crippen LogP contribution in [0, 0.1) is 5.92 Å². The highest BCUT2D eigenvalue weighted by Crippen LogP contribution is 2.35. The Morgan fingerprint density at radius 1 is 0.946 bits per heavy atom. The van der Waals surface area contributed by atoms with Gasteiger partial charge in [-0.2, -0.15) is 5.10 Å². The van der Waals surface area contributed by atoms with Crippen LogP contribution in [0.3, 0.4) is 0 Å². The van der Waals surface area contributed by atoms with Gasteiger partial charge in [0.25, 0.3) is 11.8 Å². The largest absolute Gasteiger partial charge is 0.496 e. The predicted molar refractivity (Wildman–Crippen MR) is 219 cm³/mol. The van der Waals surface area contributed by atoms with Crippen molar-refractivity contribution in [2.75, 3.05) is 45.8 Å². The van der Waals surface area contributed by atoms with Gasteiger partial charge in [0.05, 0.1) is 30.9 Å². The van der Waals surface area contributed by atoms with Crippen molar-refractivity contribution >= 4 is 28.5 Å². The normalized spacial score (nSPS) is 15.6. The molecule has 2 aliphatic heterocycles. The molecule has 2 saturated heterocycles. The molecular formula is C44H54N8O4. The topological polar surface area (TPSA) is 141 Å². The lowest BCUT2D eigenvalue weighted by Gasteiger charge is -2.29. The lowest BCUT2D eigenvalue weighted by molar-refractivity contribution is 0.0723. The van der Waals surface area contributed by atoms with E-state index in [0.29, 0.717) is 32.1 Å². The number of aryl methyl sites for hydroxylation is 2. The highest BCUT2D eigenvalue weighted by atomic mass is 16.5. The van der Waals surface area contributed by atoms with Crippen LogP contribution in [-0.2, 0) is 37.2 Å². The number of pyridine rings is 2. The summed E-state index contributed by atoms with van der Waals surface area (Å²) in [7, 11) is 3.89. The maximum absolute atomic E-state index is 14.7. The molecule has 3 aromatic heterocycles. The number of hydrogen-bond donors (Lipinski definition) is 2. The van der Waals surface area contributed by atoms with Crippen molar-refractivity contribution in [3.05, 3.63) is 101 Å². The van der Waals surface area contributed by atoms with Gasteiger partial charge in [0, 0.05) is 49.2 Å². The average Bonchev–Trinajstić information content (AvgIpc) is 3.65. The van der Waals surface area contributed by atoms with Gasteiger partial charge in [0.2, 0.25) is 0 Å². The Bertz CT molecular complexity index is 2170. The van der Waals surface area contributed by atoms with E-state index in [9.17, 15) is 9.59 Å². The molecule has 56 heavy (non-hydrogen) atoms. The monoisotopic (exact) mass is 758 g/mol. The van der Waals surface area contributed by atoms with Crippen LogP contribution in [0.4, 0.5) is 5.69 Å². The van der Waals surface area contributed by atoms with Crippen molar-refractivity contribution in [1.82, 2.24) is 29.5 Å². The number of ether oxygens (including phenoxy) is 2. The Morgan fingerprint density at radius 2 is 1.71 bits per heavy atom. The number of carbonyl (C=O) groups is 2. The molecule has 0 unspecified atom stereocenters. The highest BCUT2D eigenvalue weighted by molar-refractivity contribution is 5.96. The van der Waals surface area contributed by atoms with Crippen LogP contribution in [-0.4, -0.2) is 87.9 Å². The first-order chi connectivity index (χ1) is 27.2. The Morgan fingerprint density at radius 3 is 2.45 bits per heavy atom. The summed E-state index contributed by atoms with van der Waals surface area (Å²) >= 11 is 0. The number of aromatic nitrogens is 4. The van der Waals surface area contributed by atoms with Crippen molar-refractivity contribution in [1.29, 1.82) is 0 Å². The number of nitrogens with two attached hydrogens (primary N) is 1. The number of carbonyl (C=O) groups excluding carboxylic acids is 2. The second-order valence-electron chi connectivity index (χ2n) is 15.1. The third kappa shape index (κ3) is 8.71. The molecule has 0 atom stereocenters. The van der Waals surface area contributed by atoms with Crippen molar-refractivity contribution < 1.29 is 19.1 Å². The molecule has 0 saturated carbocycles. The molecule has 2 fully saturated rings. The third-order valence-electron chi connectivity index (χ3n) is 11.3. The summed E-state index contributed by atoms with van der Waals surface area (Å²) in [6.07, 6.45) is 7.71. The molecule has 294 valence electrons. The van der Waals surface area contributed by atoms with Crippen molar-refractivity contribution in [3.8, 4) is 16.9 Å². The number of likely N-dealkylation sites (tertiary alicyclic amines) is 1. The standard InChI is InChI=1S/C44H54N8O4/c1-5-37-36(41(47-33-17-21-56-22-18-33)35-26-46-52(6-2)43(35)49-37)28-51(44(54)39-12-8-11-38(48-39)42(45)53)27-31-13-14-40(55-4)34(25-31)32-10-7-9-30(24-32)23-29-15-19-50(3)20-16-29/h7-14,24-26,29,33H,5-6,15-23,27-28H2,1-4H3,(H2,45,53)(H,47,49). The molecule has 0 spiro atoms. The van der Waals surface area contributed by atoms with E-state index < -0.39 is 5.91 Å². The van der Waals surface area contributed by atoms with E-state index in [2.05, 4.69) is 71.5 Å². The number of amides is 2. The number of benzene rings is 2. The Kier molecular flexibility index (Phi) is 12.3. The summed E-state index contributed by atoms with van der Waals surface area (Å²) < 4.78 is 13.5. The van der Waals surface area contributed by atoms with E-state index in [0.717, 1.165) is 82.8 Å². The number of hydrogen-bond acceptors (Lipinski definition) is 9. The molecule has 0 aliphatic carbocycles. The summed E-state index contributed by atoms with van der Waals surface area (Å²) in [5.41, 5.74) is 13.6. The van der Waals surface area contributed by atoms with Crippen LogP contribution < -0.4 is 15.8 Å². The lowest BCUT2D eigenvalue weighted by Crippen LogP contribution is -2.33. The maximum atomic E-state index is 14.7. The van der Waals surface area contributed by atoms with Gasteiger partial charge in [-0.05, 0) is 112 Å². The van der Waals surface area contributed by atoms with Crippen LogP contribution in [0.15, 0.2) is 66.9 Å². The first-order valence-electron chi connectivity index (χ1n) is 20.0. The molecule has 3 N–H and O–H groups in total. The smallest absolute Gasteiger partial charge is 0.273 e. The molecule has 12 heteroatoms. The quantitative estimate of drug-likeness (QED) is 0.130. The SMILES string of the molecule is CCc1nc2c(cnn2CC)c(NC2CCOCC2)c1CN(Cc1ccc(OC)c(-c2cccc(CC3CCN(C)CC3)c2)c1)C(=O)c1cccc(C(N)=O)n1. The molecule has 2 aliphatic rings. The first kappa shape index (κ1) is 38.9. The van der Waals surface area contributed by atoms with Crippen LogP contribution in [0.25, 0.3) is 22.2 Å². The summed E-state index contributed by atoms with van der Waals surface area (Å²) in [5.74, 6) is 0.411. The zero-order valence-corrected chi connectivity index (χ0v) is 33.1. The number of nitrogens with one attached hydrogen (secondary N) is 1. The summed E-state index contributed by atoms with van der Waals surface area (Å²) in [4.78, 5) is 40.6. The minimum absolute atomic E-state index is 0.0360. The number of nitrogens with zero attached hydrogens (tertiary/aromatic N) is 6. The van der Waals surface area contributed by atoms with E-state index in [-0.39, 0.29) is 36.4 Å². The second kappa shape index (κ2) is 17.6. The van der Waals surface area contributed by atoms with E-state index in [4.69, 9.17) is 20.2 Å². The minimum Gasteiger partial charge on any atom is -0.496 e. The lowest BCUT2D eigenvalue weighted by atomic mass is 9.89. The number of rotatable bonds is 14. The van der Waals surface area contributed by atoms with E-state index in [1.165, 1.54) is 24.5 Å². The van der Waals surface area contributed by atoms with Gasteiger partial charge in [0.1, 0.15) is 17.1 Å². The van der Waals surface area contributed by atoms with Gasteiger partial charge in [-0.1, -0.05) is 43.3 Å². The van der Waals surface area contributed by atoms with Crippen LogP contribution in [0.2, 0.25) is 0 Å². The Balaban J connectivity index is 1.28. The average molecular weight is 759 g/mol. The minimum atomic E-state index is -0.692. The number of methoxy groups -OCH3 is 1. The molecule has 5 heterocycles. The Labute approximate surface area is 329 Å². The number of piperidine rings is 1. The fraction of sp³-hybridized carbons (Fsp3) is 0.432. The summed E-state index contributed by atoms with van der Waals surface area (Å²) in [5, 5.41) is 9.44. The fourth-order valence-corrected chi connectivity index (χ4v) is 8.09. The molecule has 0 bridgehead atoms. The first-order valence-corrected chi connectivity index (χ1v) is 20.0. The predicted octanol–water partition coefficient (Wildman–Crippen LogP) is 6.50. The van der Waals surface area contributed by atoms with Crippen molar-refractivity contribution in [2.45, 2.75) is 78.0 Å². The van der Waals surface area contributed by atoms with Crippen molar-refractivity contribution in [3.63, 3.8) is 0 Å². The summed E-state index contributed by atoms with van der Waals surface area (Å²) in [6.45, 7) is 8.97. The van der Waals surface area contributed by atoms with E-state index in [1.807, 2.05) is 23.0 Å². The highest BCUT2D eigenvalue weighted by Gasteiger charge is 2.27. The van der Waals surface area contributed by atoms with E-state index in [1.54, 1.807) is 24.1 Å². The van der Waals surface area contributed by atoms with Gasteiger partial charge in [-0.25, -0.2) is 14.6 Å². The van der Waals surface area contributed by atoms with Gasteiger partial charge in [0.15, 0.2) is 5.65 Å². The molecule has 5 aromatic rings. The van der Waals surface area contributed by atoms with Gasteiger partial charge in [-0.3, -0.25) is 9.59 Å². The van der Waals surface area contributed by atoms with Crippen LogP contribution in [0.1, 0.15) is 82.9 Å². The third-order valence-corrected chi connectivity index (χ3v) is 11.3. The molecule has 2 amide bonds. The Hall–Kier alpha value is -5.33. The fourth-order valence-electron chi connectivity index (χ4n) is 8.09. The van der Waals surface area contributed by atoms with Gasteiger partial charge < -0.3 is 30.3 Å². The van der Waals surface area contributed by atoms with Gasteiger partial charge >= 0.3 is 0 Å². The zero-order chi connectivity index (χ0) is 39.2. The van der Waals surface area contributed by atoms with Crippen molar-refractivity contribution in [2.24, 2.45) is 11.7 Å². The molecule has 0 radical (unpaired) electrons. The van der Waals surface area contributed by atoms with Crippen LogP contribution >= 0.6 is 0 Å². The zero-order valence-electron chi connectivity index (χ0n) is 33.1. The second-order valence-corrected chi connectivity index (χ2v) is 15.1. The summed E-state index contributed by atoms with van der Waals surface area (Å²) in [6, 6.07) is 19.8. The van der Waals surface area contributed by atoms with Gasteiger partial charge in [-0.15, -0.1) is 0 Å². The van der Waals surface area contributed by atoms with Crippen LogP contribution in [0.5, 0.6) is 5.75 Å².